The summed E-state index contributed by atoms with van der Waals surface area (Å²) in [7, 11) is -3.42. The summed E-state index contributed by atoms with van der Waals surface area (Å²) < 4.78 is 25.4. The van der Waals surface area contributed by atoms with Gasteiger partial charge < -0.3 is 10.6 Å². The second kappa shape index (κ2) is 7.95. The van der Waals surface area contributed by atoms with Gasteiger partial charge in [-0.15, -0.1) is 0 Å². The number of carbonyl (C=O) groups is 1. The third kappa shape index (κ3) is 5.81. The molecule has 2 aromatic rings. The summed E-state index contributed by atoms with van der Waals surface area (Å²) >= 11 is 11.7. The molecule has 0 bridgehead atoms. The molecular formula is C16H17Cl2N3O3S. The van der Waals surface area contributed by atoms with E-state index < -0.39 is 22.1 Å². The maximum Gasteiger partial charge on any atom is 0.319 e. The molecule has 0 aliphatic heterocycles. The minimum absolute atomic E-state index is 0.329. The van der Waals surface area contributed by atoms with Gasteiger partial charge >= 0.3 is 6.03 Å². The number of anilines is 2. The summed E-state index contributed by atoms with van der Waals surface area (Å²) in [5.74, 6) is 0. The Morgan fingerprint density at radius 3 is 2.40 bits per heavy atom. The van der Waals surface area contributed by atoms with Gasteiger partial charge in [0.05, 0.1) is 28.0 Å². The normalized spacial score (nSPS) is 12.3. The predicted molar refractivity (Wildman–Crippen MR) is 102 cm³/mol. The SMILES string of the molecule is CC(NC(=O)Nc1ccc(Cl)c(Cl)c1)c1ccccc1NS(C)(=O)=O. The first kappa shape index (κ1) is 19.4. The Balaban J connectivity index is 2.10. The molecular weight excluding hydrogens is 385 g/mol. The maximum atomic E-state index is 12.2. The molecule has 2 aromatic carbocycles. The molecule has 3 N–H and O–H groups in total. The molecule has 2 amide bonds. The van der Waals surface area contributed by atoms with Crippen molar-refractivity contribution < 1.29 is 13.2 Å². The van der Waals surface area contributed by atoms with E-state index in [9.17, 15) is 13.2 Å². The van der Waals surface area contributed by atoms with Gasteiger partial charge in [0.15, 0.2) is 0 Å². The van der Waals surface area contributed by atoms with Crippen LogP contribution in [-0.2, 0) is 10.0 Å². The van der Waals surface area contributed by atoms with Crippen molar-refractivity contribution in [1.29, 1.82) is 0 Å². The molecule has 1 atom stereocenters. The van der Waals surface area contributed by atoms with E-state index in [1.165, 1.54) is 6.07 Å². The van der Waals surface area contributed by atoms with E-state index in [1.807, 2.05) is 0 Å². The summed E-state index contributed by atoms with van der Waals surface area (Å²) in [5.41, 5.74) is 1.53. The molecule has 25 heavy (non-hydrogen) atoms. The quantitative estimate of drug-likeness (QED) is 0.699. The highest BCUT2D eigenvalue weighted by Crippen LogP contribution is 2.26. The number of nitrogens with one attached hydrogen (secondary N) is 3. The first-order valence-electron chi connectivity index (χ1n) is 7.25. The van der Waals surface area contributed by atoms with Crippen LogP contribution in [0.15, 0.2) is 42.5 Å². The van der Waals surface area contributed by atoms with Crippen molar-refractivity contribution >= 4 is 50.6 Å². The number of rotatable bonds is 5. The molecule has 6 nitrogen and oxygen atoms in total. The topological polar surface area (TPSA) is 87.3 Å². The molecule has 2 rings (SSSR count). The Labute approximate surface area is 156 Å². The van der Waals surface area contributed by atoms with E-state index in [-0.39, 0.29) is 0 Å². The van der Waals surface area contributed by atoms with Gasteiger partial charge in [-0.05, 0) is 36.8 Å². The lowest BCUT2D eigenvalue weighted by molar-refractivity contribution is 0.249. The van der Waals surface area contributed by atoms with Crippen LogP contribution >= 0.6 is 23.2 Å². The Morgan fingerprint density at radius 2 is 1.76 bits per heavy atom. The van der Waals surface area contributed by atoms with E-state index in [2.05, 4.69) is 15.4 Å². The van der Waals surface area contributed by atoms with Crippen molar-refractivity contribution in [2.75, 3.05) is 16.3 Å². The fraction of sp³-hybridized carbons (Fsp3) is 0.188. The van der Waals surface area contributed by atoms with Crippen LogP contribution in [0.2, 0.25) is 10.0 Å². The Bertz CT molecular complexity index is 888. The highest BCUT2D eigenvalue weighted by Gasteiger charge is 2.15. The highest BCUT2D eigenvalue weighted by molar-refractivity contribution is 7.92. The van der Waals surface area contributed by atoms with Gasteiger partial charge in [0.2, 0.25) is 10.0 Å². The first-order chi connectivity index (χ1) is 11.7. The summed E-state index contributed by atoms with van der Waals surface area (Å²) in [6, 6.07) is 10.7. The van der Waals surface area contributed by atoms with Crippen molar-refractivity contribution in [3.63, 3.8) is 0 Å². The van der Waals surface area contributed by atoms with Crippen LogP contribution in [0.4, 0.5) is 16.2 Å². The van der Waals surface area contributed by atoms with Crippen molar-refractivity contribution in [2.24, 2.45) is 0 Å². The van der Waals surface area contributed by atoms with Gasteiger partial charge in [0.1, 0.15) is 0 Å². The second-order valence-electron chi connectivity index (χ2n) is 5.41. The number of hydrogen-bond donors (Lipinski definition) is 3. The van der Waals surface area contributed by atoms with E-state index in [0.29, 0.717) is 27.0 Å². The van der Waals surface area contributed by atoms with Gasteiger partial charge in [-0.1, -0.05) is 41.4 Å². The lowest BCUT2D eigenvalue weighted by atomic mass is 10.1. The lowest BCUT2D eigenvalue weighted by Gasteiger charge is -2.19. The molecule has 0 saturated carbocycles. The van der Waals surface area contributed by atoms with E-state index in [1.54, 1.807) is 43.3 Å². The zero-order chi connectivity index (χ0) is 18.6. The van der Waals surface area contributed by atoms with Crippen molar-refractivity contribution in [1.82, 2.24) is 5.32 Å². The number of sulfonamides is 1. The van der Waals surface area contributed by atoms with Crippen molar-refractivity contribution in [2.45, 2.75) is 13.0 Å². The zero-order valence-electron chi connectivity index (χ0n) is 13.5. The largest absolute Gasteiger partial charge is 0.331 e. The molecule has 0 heterocycles. The van der Waals surface area contributed by atoms with Gasteiger partial charge in [-0.2, -0.15) is 0 Å². The zero-order valence-corrected chi connectivity index (χ0v) is 15.8. The molecule has 0 aliphatic rings. The molecule has 0 spiro atoms. The third-order valence-corrected chi connectivity index (χ3v) is 4.58. The van der Waals surface area contributed by atoms with Crippen LogP contribution in [0.1, 0.15) is 18.5 Å². The van der Waals surface area contributed by atoms with E-state index in [0.717, 1.165) is 6.26 Å². The third-order valence-electron chi connectivity index (χ3n) is 3.25. The summed E-state index contributed by atoms with van der Waals surface area (Å²) in [5, 5.41) is 6.11. The average molecular weight is 402 g/mol. The number of halogens is 2. The fourth-order valence-corrected chi connectivity index (χ4v) is 3.07. The van der Waals surface area contributed by atoms with Crippen LogP contribution in [0.25, 0.3) is 0 Å². The van der Waals surface area contributed by atoms with Crippen molar-refractivity contribution in [3.8, 4) is 0 Å². The average Bonchev–Trinajstić information content (AvgIpc) is 2.49. The number of benzene rings is 2. The summed E-state index contributed by atoms with van der Waals surface area (Å²) in [4.78, 5) is 12.2. The smallest absolute Gasteiger partial charge is 0.319 e. The van der Waals surface area contributed by atoms with E-state index in [4.69, 9.17) is 23.2 Å². The van der Waals surface area contributed by atoms with Gasteiger partial charge in [0, 0.05) is 5.69 Å². The Kier molecular flexibility index (Phi) is 6.16. The summed E-state index contributed by atoms with van der Waals surface area (Å²) in [6.07, 6.45) is 1.07. The molecule has 134 valence electrons. The van der Waals surface area contributed by atoms with Crippen LogP contribution in [0.3, 0.4) is 0 Å². The van der Waals surface area contributed by atoms with E-state index >= 15 is 0 Å². The minimum atomic E-state index is -3.42. The Morgan fingerprint density at radius 1 is 1.08 bits per heavy atom. The van der Waals surface area contributed by atoms with Gasteiger partial charge in [-0.3, -0.25) is 4.72 Å². The van der Waals surface area contributed by atoms with Crippen LogP contribution in [-0.4, -0.2) is 20.7 Å². The maximum absolute atomic E-state index is 12.2. The number of hydrogen-bond acceptors (Lipinski definition) is 3. The van der Waals surface area contributed by atoms with Gasteiger partial charge in [0.25, 0.3) is 0 Å². The first-order valence-corrected chi connectivity index (χ1v) is 9.90. The molecule has 0 aliphatic carbocycles. The minimum Gasteiger partial charge on any atom is -0.331 e. The molecule has 0 saturated heterocycles. The van der Waals surface area contributed by atoms with Crippen molar-refractivity contribution in [3.05, 3.63) is 58.1 Å². The predicted octanol–water partition coefficient (Wildman–Crippen LogP) is 4.25. The monoisotopic (exact) mass is 401 g/mol. The standard InChI is InChI=1S/C16H17Cl2N3O3S/c1-10(12-5-3-4-6-15(12)21-25(2,23)24)19-16(22)20-11-7-8-13(17)14(18)9-11/h3-10,21H,1-2H3,(H2,19,20,22). The van der Waals surface area contributed by atoms with Crippen LogP contribution in [0.5, 0.6) is 0 Å². The number of carbonyl (C=O) groups excluding carboxylic acids is 1. The lowest BCUT2D eigenvalue weighted by Crippen LogP contribution is -2.31. The summed E-state index contributed by atoms with van der Waals surface area (Å²) in [6.45, 7) is 1.75. The van der Waals surface area contributed by atoms with Crippen LogP contribution < -0.4 is 15.4 Å². The molecule has 0 fully saturated rings. The number of para-hydroxylation sites is 1. The molecule has 0 radical (unpaired) electrons. The second-order valence-corrected chi connectivity index (χ2v) is 7.97. The number of amides is 2. The molecule has 9 heteroatoms. The highest BCUT2D eigenvalue weighted by atomic mass is 35.5. The Hall–Kier alpha value is -1.96. The number of urea groups is 1. The molecule has 0 aromatic heterocycles. The van der Waals surface area contributed by atoms with Gasteiger partial charge in [-0.25, -0.2) is 13.2 Å². The fourth-order valence-electron chi connectivity index (χ4n) is 2.18. The molecule has 1 unspecified atom stereocenters. The van der Waals surface area contributed by atoms with Crippen LogP contribution in [0, 0.1) is 0 Å².